The van der Waals surface area contributed by atoms with Gasteiger partial charge in [0.2, 0.25) is 5.91 Å². The average molecular weight is 319 g/mol. The maximum atomic E-state index is 12.1. The number of ether oxygens (including phenoxy) is 1. The number of carbonyl (C=O) groups is 2. The molecule has 1 amide bonds. The van der Waals surface area contributed by atoms with Crippen LogP contribution in [0, 0.1) is 10.1 Å². The van der Waals surface area contributed by atoms with E-state index in [0.29, 0.717) is 5.69 Å². The molecule has 8 nitrogen and oxygen atoms in total. The van der Waals surface area contributed by atoms with E-state index in [1.807, 2.05) is 0 Å². The van der Waals surface area contributed by atoms with Gasteiger partial charge in [-0.1, -0.05) is 12.8 Å². The number of rotatable bonds is 4. The van der Waals surface area contributed by atoms with Crippen molar-refractivity contribution in [3.8, 4) is 5.75 Å². The number of hydrogen-bond donors (Lipinski definition) is 1. The molecule has 3 rings (SSSR count). The molecule has 1 aliphatic heterocycles. The lowest BCUT2D eigenvalue weighted by molar-refractivity contribution is -0.384. The molecular formula is C15H17N3O5. The molecule has 0 unspecified atom stereocenters. The van der Waals surface area contributed by atoms with Gasteiger partial charge in [0, 0.05) is 12.1 Å². The highest BCUT2D eigenvalue weighted by Gasteiger charge is 2.28. The molecule has 2 aliphatic rings. The number of amides is 1. The molecule has 1 aliphatic carbocycles. The summed E-state index contributed by atoms with van der Waals surface area (Å²) >= 11 is 0. The molecule has 0 atom stereocenters. The maximum Gasteiger partial charge on any atom is 0.331 e. The molecule has 1 heterocycles. The Hall–Kier alpha value is -2.64. The number of carbonyl (C=O) groups excluding carboxylic acids is 2. The highest BCUT2D eigenvalue weighted by molar-refractivity contribution is 5.89. The van der Waals surface area contributed by atoms with E-state index in [4.69, 9.17) is 4.74 Å². The largest absolute Gasteiger partial charge is 0.423 e. The van der Waals surface area contributed by atoms with Gasteiger partial charge in [-0.3, -0.25) is 14.9 Å². The van der Waals surface area contributed by atoms with E-state index >= 15 is 0 Å². The molecule has 0 saturated heterocycles. The van der Waals surface area contributed by atoms with Crippen LogP contribution >= 0.6 is 0 Å². The van der Waals surface area contributed by atoms with Gasteiger partial charge in [-0.05, 0) is 18.9 Å². The molecule has 0 aromatic heterocycles. The molecule has 8 heteroatoms. The fraction of sp³-hybridized carbons (Fsp3) is 0.467. The van der Waals surface area contributed by atoms with Crippen LogP contribution in [0.25, 0.3) is 0 Å². The fourth-order valence-electron chi connectivity index (χ4n) is 3.01. The first-order chi connectivity index (χ1) is 11.0. The highest BCUT2D eigenvalue weighted by Crippen LogP contribution is 2.35. The van der Waals surface area contributed by atoms with Crippen molar-refractivity contribution in [1.29, 1.82) is 0 Å². The Balaban J connectivity index is 1.74. The van der Waals surface area contributed by atoms with Gasteiger partial charge in [-0.2, -0.15) is 0 Å². The number of nitrogens with zero attached hydrogens (tertiary/aromatic N) is 2. The second-order valence-electron chi connectivity index (χ2n) is 5.79. The highest BCUT2D eigenvalue weighted by atomic mass is 16.6. The Morgan fingerprint density at radius 2 is 2.13 bits per heavy atom. The van der Waals surface area contributed by atoms with Crippen molar-refractivity contribution >= 4 is 23.3 Å². The number of esters is 1. The minimum Gasteiger partial charge on any atom is -0.423 e. The van der Waals surface area contributed by atoms with Crippen LogP contribution in [-0.2, 0) is 9.59 Å². The Kier molecular flexibility index (Phi) is 4.14. The predicted octanol–water partition coefficient (Wildman–Crippen LogP) is 1.38. The number of nitrogens with one attached hydrogen (secondary N) is 1. The van der Waals surface area contributed by atoms with Gasteiger partial charge in [0.05, 0.1) is 23.2 Å². The van der Waals surface area contributed by atoms with Crippen molar-refractivity contribution in [2.75, 3.05) is 18.0 Å². The number of non-ortho nitro benzene ring substituents is 1. The fourth-order valence-corrected chi connectivity index (χ4v) is 3.01. The third-order valence-electron chi connectivity index (χ3n) is 4.09. The van der Waals surface area contributed by atoms with Crippen molar-refractivity contribution in [2.45, 2.75) is 31.7 Å². The van der Waals surface area contributed by atoms with Crippen LogP contribution in [0.3, 0.4) is 0 Å². The topological polar surface area (TPSA) is 102 Å². The second-order valence-corrected chi connectivity index (χ2v) is 5.79. The van der Waals surface area contributed by atoms with Gasteiger partial charge < -0.3 is 15.0 Å². The molecule has 122 valence electrons. The molecule has 1 aromatic carbocycles. The molecule has 1 saturated carbocycles. The van der Waals surface area contributed by atoms with Gasteiger partial charge in [0.1, 0.15) is 6.54 Å². The Morgan fingerprint density at radius 3 is 2.83 bits per heavy atom. The zero-order valence-corrected chi connectivity index (χ0v) is 12.5. The van der Waals surface area contributed by atoms with Crippen molar-refractivity contribution in [1.82, 2.24) is 5.32 Å². The summed E-state index contributed by atoms with van der Waals surface area (Å²) in [6.45, 7) is -0.0285. The summed E-state index contributed by atoms with van der Waals surface area (Å²) in [5.41, 5.74) is 0.352. The van der Waals surface area contributed by atoms with Crippen molar-refractivity contribution in [3.63, 3.8) is 0 Å². The maximum absolute atomic E-state index is 12.1. The minimum atomic E-state index is -0.556. The van der Waals surface area contributed by atoms with Crippen molar-refractivity contribution in [3.05, 3.63) is 28.3 Å². The molecule has 0 radical (unpaired) electrons. The first kappa shape index (κ1) is 15.3. The quantitative estimate of drug-likeness (QED) is 0.389. The molecule has 1 fully saturated rings. The SMILES string of the molecule is O=C(CN1CC(=O)Oc2cc([N+](=O)[O-])ccc21)NC1CCCC1. The average Bonchev–Trinajstić information content (AvgIpc) is 2.99. The molecule has 1 aromatic rings. The normalized spacial score (nSPS) is 17.6. The van der Waals surface area contributed by atoms with Crippen LogP contribution in [0.2, 0.25) is 0 Å². The number of nitro benzene ring substituents is 1. The number of hydrogen-bond acceptors (Lipinski definition) is 6. The predicted molar refractivity (Wildman–Crippen MR) is 81.3 cm³/mol. The monoisotopic (exact) mass is 319 g/mol. The number of nitro groups is 1. The van der Waals surface area contributed by atoms with Gasteiger partial charge in [0.25, 0.3) is 5.69 Å². The summed E-state index contributed by atoms with van der Waals surface area (Å²) in [4.78, 5) is 35.7. The van der Waals surface area contributed by atoms with E-state index in [1.54, 1.807) is 4.90 Å². The Morgan fingerprint density at radius 1 is 1.39 bits per heavy atom. The van der Waals surface area contributed by atoms with E-state index < -0.39 is 10.9 Å². The van der Waals surface area contributed by atoms with E-state index in [2.05, 4.69) is 5.32 Å². The molecule has 23 heavy (non-hydrogen) atoms. The summed E-state index contributed by atoms with van der Waals surface area (Å²) in [7, 11) is 0. The second kappa shape index (κ2) is 6.23. The van der Waals surface area contributed by atoms with Crippen molar-refractivity contribution < 1.29 is 19.2 Å². The van der Waals surface area contributed by atoms with Gasteiger partial charge in [0.15, 0.2) is 5.75 Å². The minimum absolute atomic E-state index is 0.0242. The lowest BCUT2D eigenvalue weighted by Crippen LogP contribution is -2.45. The smallest absolute Gasteiger partial charge is 0.331 e. The van der Waals surface area contributed by atoms with E-state index in [0.717, 1.165) is 25.7 Å². The summed E-state index contributed by atoms with van der Waals surface area (Å²) in [5.74, 6) is -0.577. The summed E-state index contributed by atoms with van der Waals surface area (Å²) in [6.07, 6.45) is 4.20. The molecule has 0 spiro atoms. The third-order valence-corrected chi connectivity index (χ3v) is 4.09. The van der Waals surface area contributed by atoms with Gasteiger partial charge >= 0.3 is 5.97 Å². The summed E-state index contributed by atoms with van der Waals surface area (Å²) in [6, 6.07) is 4.24. The lowest BCUT2D eigenvalue weighted by Gasteiger charge is -2.29. The number of fused-ring (bicyclic) bond motifs is 1. The Labute approximate surface area is 132 Å². The van der Waals surface area contributed by atoms with E-state index in [1.165, 1.54) is 18.2 Å². The van der Waals surface area contributed by atoms with Crippen LogP contribution in [0.4, 0.5) is 11.4 Å². The lowest BCUT2D eigenvalue weighted by atomic mass is 10.2. The molecule has 0 bridgehead atoms. The van der Waals surface area contributed by atoms with Crippen molar-refractivity contribution in [2.24, 2.45) is 0 Å². The van der Waals surface area contributed by atoms with Crippen LogP contribution < -0.4 is 15.0 Å². The number of anilines is 1. The summed E-state index contributed by atoms with van der Waals surface area (Å²) < 4.78 is 5.05. The zero-order chi connectivity index (χ0) is 16.4. The molecular weight excluding hydrogens is 302 g/mol. The Bertz CT molecular complexity index is 655. The van der Waals surface area contributed by atoms with Crippen LogP contribution in [-0.4, -0.2) is 35.9 Å². The first-order valence-corrected chi connectivity index (χ1v) is 7.56. The third kappa shape index (κ3) is 3.41. The van der Waals surface area contributed by atoms with E-state index in [-0.39, 0.29) is 36.5 Å². The van der Waals surface area contributed by atoms with E-state index in [9.17, 15) is 19.7 Å². The first-order valence-electron chi connectivity index (χ1n) is 7.56. The van der Waals surface area contributed by atoms with Crippen LogP contribution in [0.15, 0.2) is 18.2 Å². The van der Waals surface area contributed by atoms with Gasteiger partial charge in [-0.15, -0.1) is 0 Å². The summed E-state index contributed by atoms with van der Waals surface area (Å²) in [5, 5.41) is 13.8. The number of benzene rings is 1. The standard InChI is InChI=1S/C15H17N3O5/c19-14(16-10-3-1-2-4-10)8-17-9-15(20)23-13-7-11(18(21)22)5-6-12(13)17/h5-7,10H,1-4,8-9H2,(H,16,19). The van der Waals surface area contributed by atoms with Crippen LogP contribution in [0.5, 0.6) is 5.75 Å². The van der Waals surface area contributed by atoms with Crippen LogP contribution in [0.1, 0.15) is 25.7 Å². The van der Waals surface area contributed by atoms with Gasteiger partial charge in [-0.25, -0.2) is 4.79 Å². The molecule has 1 N–H and O–H groups in total. The zero-order valence-electron chi connectivity index (χ0n) is 12.5.